The van der Waals surface area contributed by atoms with Crippen molar-refractivity contribution in [3.8, 4) is 0 Å². The molecule has 1 fully saturated rings. The molecule has 0 spiro atoms. The van der Waals surface area contributed by atoms with Crippen molar-refractivity contribution in [3.05, 3.63) is 63.9 Å². The van der Waals surface area contributed by atoms with Crippen LogP contribution in [0, 0.1) is 22.6 Å². The molecule has 1 saturated heterocycles. The molecule has 38 heavy (non-hydrogen) atoms. The summed E-state index contributed by atoms with van der Waals surface area (Å²) in [5.41, 5.74) is 8.03. The predicted molar refractivity (Wildman–Crippen MR) is 142 cm³/mol. The van der Waals surface area contributed by atoms with Crippen LogP contribution in [-0.4, -0.2) is 58.0 Å². The Kier molecular flexibility index (Phi) is 8.07. The van der Waals surface area contributed by atoms with E-state index < -0.39 is 29.7 Å². The van der Waals surface area contributed by atoms with Gasteiger partial charge < -0.3 is 36.8 Å². The Hall–Kier alpha value is -3.45. The number of hydrogen-bond acceptors (Lipinski definition) is 6. The van der Waals surface area contributed by atoms with E-state index in [9.17, 15) is 19.4 Å². The number of rotatable bonds is 10. The lowest BCUT2D eigenvalue weighted by Gasteiger charge is -2.53. The molecule has 1 heterocycles. The first kappa shape index (κ1) is 27.6. The third-order valence-electron chi connectivity index (χ3n) is 7.02. The molecule has 2 aromatic carbocycles. The van der Waals surface area contributed by atoms with Gasteiger partial charge in [0.2, 0.25) is 0 Å². The van der Waals surface area contributed by atoms with Gasteiger partial charge in [-0.15, -0.1) is 0 Å². The van der Waals surface area contributed by atoms with Gasteiger partial charge in [-0.1, -0.05) is 29.8 Å². The second-order valence-corrected chi connectivity index (χ2v) is 10.2. The first-order valence-electron chi connectivity index (χ1n) is 12.2. The molecule has 4 rings (SSSR count). The van der Waals surface area contributed by atoms with E-state index in [4.69, 9.17) is 28.2 Å². The summed E-state index contributed by atoms with van der Waals surface area (Å²) in [7, 11) is 0. The van der Waals surface area contributed by atoms with Gasteiger partial charge in [0.05, 0.1) is 5.02 Å². The van der Waals surface area contributed by atoms with Crippen molar-refractivity contribution in [2.45, 2.75) is 44.2 Å². The summed E-state index contributed by atoms with van der Waals surface area (Å²) in [5, 5.41) is 46.9. The summed E-state index contributed by atoms with van der Waals surface area (Å²) in [5.74, 6) is -1.48. The molecule has 1 aliphatic heterocycles. The topological polar surface area (TPSA) is 183 Å². The zero-order valence-corrected chi connectivity index (χ0v) is 21.6. The lowest BCUT2D eigenvalue weighted by atomic mass is 9.98. The number of fused-ring (bicyclic) bond motifs is 1. The fraction of sp³-hybridized carbons (Fsp3) is 0.400. The number of amides is 1. The average molecular weight is 547 g/mol. The number of hydrogen-bond donors (Lipinski definition) is 9. The third kappa shape index (κ3) is 5.83. The normalized spacial score (nSPS) is 22.8. The van der Waals surface area contributed by atoms with Gasteiger partial charge in [0.1, 0.15) is 11.5 Å². The molecule has 11 nitrogen and oxygen atoms in total. The van der Waals surface area contributed by atoms with Crippen molar-refractivity contribution >= 4 is 35.1 Å². The number of aliphatic hydroxyl groups is 2. The van der Waals surface area contributed by atoms with Crippen LogP contribution in [0.4, 0.5) is 10.1 Å². The fourth-order valence-electron chi connectivity index (χ4n) is 5.01. The molecule has 10 N–H and O–H groups in total. The molecular formula is C25H32ClFN8O3. The lowest BCUT2D eigenvalue weighted by Crippen LogP contribution is -2.74. The Morgan fingerprint density at radius 3 is 2.79 bits per heavy atom. The smallest absolute Gasteiger partial charge is 0.268 e. The van der Waals surface area contributed by atoms with Crippen molar-refractivity contribution in [3.63, 3.8) is 0 Å². The third-order valence-corrected chi connectivity index (χ3v) is 7.32. The van der Waals surface area contributed by atoms with Crippen LogP contribution in [-0.2, 0) is 17.8 Å². The molecule has 0 saturated carbocycles. The number of nitrogens with two attached hydrogens (primary N) is 1. The van der Waals surface area contributed by atoms with Crippen molar-refractivity contribution < 1.29 is 19.4 Å². The van der Waals surface area contributed by atoms with Crippen LogP contribution in [0.1, 0.15) is 36.1 Å². The van der Waals surface area contributed by atoms with Crippen molar-refractivity contribution in [1.82, 2.24) is 20.9 Å². The first-order chi connectivity index (χ1) is 18.0. The largest absolute Gasteiger partial charge is 0.396 e. The van der Waals surface area contributed by atoms with Crippen LogP contribution in [0.25, 0.3) is 0 Å². The number of carbonyl (C=O) groups excluding carboxylic acids is 1. The molecule has 2 unspecified atom stereocenters. The number of aliphatic hydroxyl groups excluding tert-OH is 2. The Morgan fingerprint density at radius 1 is 1.37 bits per heavy atom. The van der Waals surface area contributed by atoms with Crippen molar-refractivity contribution in [1.29, 1.82) is 10.8 Å². The summed E-state index contributed by atoms with van der Waals surface area (Å²) < 4.78 is 13.7. The highest BCUT2D eigenvalue weighted by molar-refractivity contribution is 6.30. The highest BCUT2D eigenvalue weighted by Gasteiger charge is 2.43. The van der Waals surface area contributed by atoms with Crippen LogP contribution < -0.4 is 27.0 Å². The van der Waals surface area contributed by atoms with Crippen LogP contribution >= 0.6 is 11.6 Å². The monoisotopic (exact) mass is 546 g/mol. The molecule has 13 heteroatoms. The maximum atomic E-state index is 13.7. The molecule has 1 aliphatic carbocycles. The van der Waals surface area contributed by atoms with Gasteiger partial charge in [-0.25, -0.2) is 4.39 Å². The highest BCUT2D eigenvalue weighted by atomic mass is 35.5. The molecule has 4 atom stereocenters. The van der Waals surface area contributed by atoms with E-state index in [1.807, 2.05) is 30.0 Å². The van der Waals surface area contributed by atoms with Gasteiger partial charge in [-0.05, 0) is 54.2 Å². The molecule has 0 aromatic heterocycles. The number of benzene rings is 2. The van der Waals surface area contributed by atoms with E-state index >= 15 is 0 Å². The van der Waals surface area contributed by atoms with E-state index in [1.165, 1.54) is 12.1 Å². The van der Waals surface area contributed by atoms with E-state index in [0.29, 0.717) is 31.9 Å². The lowest BCUT2D eigenvalue weighted by molar-refractivity contribution is -0.126. The van der Waals surface area contributed by atoms with E-state index in [2.05, 4.69) is 21.3 Å². The quantitative estimate of drug-likeness (QED) is 0.121. The minimum atomic E-state index is -1.60. The van der Waals surface area contributed by atoms with Crippen molar-refractivity contribution in [2.24, 2.45) is 11.7 Å². The Labute approximate surface area is 224 Å². The zero-order chi connectivity index (χ0) is 27.6. The second-order valence-electron chi connectivity index (χ2n) is 9.76. The number of nitrogens with zero attached hydrogens (tertiary/aromatic N) is 1. The summed E-state index contributed by atoms with van der Waals surface area (Å²) in [6.45, 7) is 2.75. The number of carbonyl (C=O) groups is 1. The van der Waals surface area contributed by atoms with Crippen LogP contribution in [0.3, 0.4) is 0 Å². The standard InChI is InChI=1S/C25H32ClFN8O3/c1-25(6-7-36)34-24(30)35(25)12-13-2-4-17-14(8-13)9-15(11-31-23(28)29)20(17)33-22(38)21(37)32-16-3-5-18(26)19(27)10-16/h2-5,8,10,15,20,22,33,36,38H,6-7,9,11-12H2,1H3,(H2,30,34)(H,32,37)(H4,28,29,31)/t15-,20-,22?,25?/m1/s1. The molecule has 0 radical (unpaired) electrons. The summed E-state index contributed by atoms with van der Waals surface area (Å²) in [4.78, 5) is 14.5. The predicted octanol–water partition coefficient (Wildman–Crippen LogP) is 1.16. The van der Waals surface area contributed by atoms with Gasteiger partial charge in [0, 0.05) is 37.8 Å². The molecule has 1 amide bonds. The number of anilines is 1. The molecule has 0 bridgehead atoms. The number of guanidine groups is 2. The maximum absolute atomic E-state index is 13.7. The van der Waals surface area contributed by atoms with Crippen LogP contribution in [0.15, 0.2) is 36.4 Å². The van der Waals surface area contributed by atoms with Crippen molar-refractivity contribution in [2.75, 3.05) is 18.5 Å². The Morgan fingerprint density at radius 2 is 2.13 bits per heavy atom. The molecule has 204 valence electrons. The van der Waals surface area contributed by atoms with Gasteiger partial charge >= 0.3 is 0 Å². The van der Waals surface area contributed by atoms with Crippen LogP contribution in [0.2, 0.25) is 5.02 Å². The summed E-state index contributed by atoms with van der Waals surface area (Å²) >= 11 is 5.69. The fourth-order valence-corrected chi connectivity index (χ4v) is 5.13. The molecule has 2 aliphatic rings. The summed E-state index contributed by atoms with van der Waals surface area (Å²) in [6, 6.07) is 9.27. The van der Waals surface area contributed by atoms with Gasteiger partial charge in [0.15, 0.2) is 18.1 Å². The van der Waals surface area contributed by atoms with E-state index in [0.717, 1.165) is 22.8 Å². The van der Waals surface area contributed by atoms with E-state index in [1.54, 1.807) is 0 Å². The number of halogens is 2. The Bertz CT molecular complexity index is 1250. The first-order valence-corrected chi connectivity index (χ1v) is 12.5. The second kappa shape index (κ2) is 11.1. The molecular weight excluding hydrogens is 515 g/mol. The maximum Gasteiger partial charge on any atom is 0.268 e. The van der Waals surface area contributed by atoms with Gasteiger partial charge in [-0.2, -0.15) is 0 Å². The summed E-state index contributed by atoms with van der Waals surface area (Å²) in [6.07, 6.45) is -0.522. The van der Waals surface area contributed by atoms with E-state index in [-0.39, 0.29) is 29.2 Å². The van der Waals surface area contributed by atoms with Gasteiger partial charge in [-0.3, -0.25) is 20.9 Å². The highest BCUT2D eigenvalue weighted by Crippen LogP contribution is 2.37. The van der Waals surface area contributed by atoms with Gasteiger partial charge in [0.25, 0.3) is 5.91 Å². The molecule has 2 aromatic rings. The van der Waals surface area contributed by atoms with Crippen LogP contribution in [0.5, 0.6) is 0 Å². The minimum absolute atomic E-state index is 0.00148. The minimum Gasteiger partial charge on any atom is -0.396 e. The Balaban J connectivity index is 1.49. The average Bonchev–Trinajstić information content (AvgIpc) is 3.20. The SMILES string of the molecule is CC1(CCO)NC(=N)N1Cc1ccc2c(c1)C[C@H](CNC(=N)N)[C@H]2NC(O)C(=O)Nc1ccc(Cl)c(F)c1. The zero-order valence-electron chi connectivity index (χ0n) is 20.8. The number of nitrogens with one attached hydrogen (secondary N) is 6.